The van der Waals surface area contributed by atoms with E-state index in [2.05, 4.69) is 19.6 Å². The molecule has 54 valence electrons. The molecule has 0 aliphatic heterocycles. The van der Waals surface area contributed by atoms with Crippen molar-refractivity contribution in [1.82, 2.24) is 0 Å². The number of rotatable bonds is 3. The van der Waals surface area contributed by atoms with Gasteiger partial charge in [-0.15, -0.1) is 0 Å². The maximum Gasteiger partial charge on any atom is 0.316 e. The molecule has 0 radical (unpaired) electrons. The average Bonchev–Trinajstić information content (AvgIpc) is 1.59. The van der Waals surface area contributed by atoms with Gasteiger partial charge in [-0.25, -0.2) is 0 Å². The van der Waals surface area contributed by atoms with Crippen molar-refractivity contribution in [3.05, 3.63) is 0 Å². The third-order valence-electron chi connectivity index (χ3n) is 1.13. The van der Waals surface area contributed by atoms with Crippen LogP contribution in [0.5, 0.6) is 0 Å². The average molecular weight is 158 g/mol. The maximum absolute atomic E-state index is 5.36. The lowest BCUT2D eigenvalue weighted by Gasteiger charge is -2.13. The number of nitrogens with two attached hydrogens (primary N) is 1. The summed E-state index contributed by atoms with van der Waals surface area (Å²) in [6.45, 7) is 8.00. The molecule has 9 heavy (non-hydrogen) atoms. The van der Waals surface area contributed by atoms with Gasteiger partial charge in [0, 0.05) is 8.07 Å². The lowest BCUT2D eigenvalue weighted by molar-refractivity contribution is 0.912. The molecule has 0 aromatic rings. The second-order valence-corrected chi connectivity index (χ2v) is 9.07. The molecule has 0 rings (SSSR count). The predicted molar refractivity (Wildman–Crippen MR) is 50.4 cm³/mol. The Morgan fingerprint density at radius 2 is 1.67 bits per heavy atom. The smallest absolute Gasteiger partial charge is 0.316 e. The van der Waals surface area contributed by atoms with Gasteiger partial charge in [-0.1, -0.05) is 25.7 Å². The molecule has 1 nitrogen and oxygen atoms in total. The highest BCUT2D eigenvalue weighted by Crippen LogP contribution is 2.09. The van der Waals surface area contributed by atoms with E-state index < -0.39 is 8.07 Å². The van der Waals surface area contributed by atoms with Crippen molar-refractivity contribution >= 4 is 31.1 Å². The monoisotopic (exact) mass is 157 g/mol. The van der Waals surface area contributed by atoms with Gasteiger partial charge in [0.25, 0.3) is 0 Å². The summed E-state index contributed by atoms with van der Waals surface area (Å²) in [5, 5.41) is 0. The Labute approximate surface area is 75.6 Å². The van der Waals surface area contributed by atoms with Crippen LogP contribution in [0.2, 0.25) is 25.7 Å². The normalized spacial score (nSPS) is 10.7. The third kappa shape index (κ3) is 12.2. The summed E-state index contributed by atoms with van der Waals surface area (Å²) in [6.07, 6.45) is 1.22. The fourth-order valence-electron chi connectivity index (χ4n) is 0.632. The molecule has 0 aliphatic rings. The molecule has 0 spiro atoms. The van der Waals surface area contributed by atoms with Gasteiger partial charge in [-0.2, -0.15) is 0 Å². The van der Waals surface area contributed by atoms with E-state index in [4.69, 9.17) is 5.73 Å². The van der Waals surface area contributed by atoms with Crippen LogP contribution in [0.15, 0.2) is 0 Å². The SMILES string of the molecule is C[Si](C)(C)CCCN.[MgH2]. The minimum absolute atomic E-state index is 0. The molecule has 0 aromatic heterocycles. The largest absolute Gasteiger partial charge is 0.330 e. The van der Waals surface area contributed by atoms with Crippen molar-refractivity contribution in [1.29, 1.82) is 0 Å². The van der Waals surface area contributed by atoms with Gasteiger partial charge in [0.05, 0.1) is 0 Å². The summed E-state index contributed by atoms with van der Waals surface area (Å²) in [5.41, 5.74) is 5.36. The number of hydrogen-bond donors (Lipinski definition) is 1. The Hall–Kier alpha value is 0.943. The van der Waals surface area contributed by atoms with Crippen molar-refractivity contribution in [2.45, 2.75) is 32.1 Å². The van der Waals surface area contributed by atoms with Crippen molar-refractivity contribution in [3.8, 4) is 0 Å². The Bertz CT molecular complexity index is 60.6. The predicted octanol–water partition coefficient (Wildman–Crippen LogP) is 0.757. The van der Waals surface area contributed by atoms with Crippen molar-refractivity contribution in [3.63, 3.8) is 0 Å². The Morgan fingerprint density at radius 3 is 1.78 bits per heavy atom. The molecular weight excluding hydrogens is 138 g/mol. The van der Waals surface area contributed by atoms with Crippen LogP contribution in [-0.4, -0.2) is 37.7 Å². The zero-order chi connectivity index (χ0) is 6.62. The van der Waals surface area contributed by atoms with E-state index in [1.807, 2.05) is 0 Å². The van der Waals surface area contributed by atoms with Gasteiger partial charge in [0.15, 0.2) is 0 Å². The molecule has 0 atom stereocenters. The summed E-state index contributed by atoms with van der Waals surface area (Å²) < 4.78 is 0. The van der Waals surface area contributed by atoms with E-state index in [0.717, 1.165) is 6.54 Å². The van der Waals surface area contributed by atoms with Gasteiger partial charge in [0.2, 0.25) is 0 Å². The molecule has 0 saturated heterocycles. The van der Waals surface area contributed by atoms with E-state index in [9.17, 15) is 0 Å². The number of hydrogen-bond acceptors (Lipinski definition) is 1. The summed E-state index contributed by atoms with van der Waals surface area (Å²) in [7, 11) is -0.758. The van der Waals surface area contributed by atoms with Crippen LogP contribution >= 0.6 is 0 Å². The zero-order valence-electron chi connectivity index (χ0n) is 6.20. The van der Waals surface area contributed by atoms with Crippen molar-refractivity contribution in [2.75, 3.05) is 6.54 Å². The fraction of sp³-hybridized carbons (Fsp3) is 1.00. The lowest BCUT2D eigenvalue weighted by Crippen LogP contribution is -2.20. The maximum atomic E-state index is 5.36. The Kier molecular flexibility index (Phi) is 7.99. The van der Waals surface area contributed by atoms with Crippen LogP contribution in [-0.2, 0) is 0 Å². The van der Waals surface area contributed by atoms with Crippen LogP contribution in [0, 0.1) is 0 Å². The molecule has 2 N–H and O–H groups in total. The van der Waals surface area contributed by atoms with Crippen LogP contribution in [0.1, 0.15) is 6.42 Å². The lowest BCUT2D eigenvalue weighted by atomic mass is 10.5. The molecule has 0 aliphatic carbocycles. The first kappa shape index (κ1) is 12.6. The van der Waals surface area contributed by atoms with Gasteiger partial charge < -0.3 is 5.73 Å². The quantitative estimate of drug-likeness (QED) is 0.602. The van der Waals surface area contributed by atoms with Gasteiger partial charge in [-0.05, 0) is 13.0 Å². The van der Waals surface area contributed by atoms with Crippen LogP contribution < -0.4 is 5.73 Å². The Balaban J connectivity index is 0. The van der Waals surface area contributed by atoms with Crippen LogP contribution in [0.4, 0.5) is 0 Å². The van der Waals surface area contributed by atoms with Crippen molar-refractivity contribution < 1.29 is 0 Å². The molecule has 0 amide bonds. The third-order valence-corrected chi connectivity index (χ3v) is 2.98. The first-order valence-electron chi connectivity index (χ1n) is 3.26. The molecule has 0 unspecified atom stereocenters. The molecule has 0 heterocycles. The van der Waals surface area contributed by atoms with Gasteiger partial charge >= 0.3 is 23.1 Å². The second kappa shape index (κ2) is 5.71. The summed E-state index contributed by atoms with van der Waals surface area (Å²) in [6, 6.07) is 1.38. The van der Waals surface area contributed by atoms with E-state index in [1.165, 1.54) is 12.5 Å². The summed E-state index contributed by atoms with van der Waals surface area (Å²) in [5.74, 6) is 0. The van der Waals surface area contributed by atoms with Crippen LogP contribution in [0.25, 0.3) is 0 Å². The Morgan fingerprint density at radius 1 is 1.22 bits per heavy atom. The minimum Gasteiger partial charge on any atom is -0.330 e. The van der Waals surface area contributed by atoms with E-state index in [1.54, 1.807) is 0 Å². The van der Waals surface area contributed by atoms with E-state index in [-0.39, 0.29) is 23.1 Å². The zero-order valence-corrected chi connectivity index (χ0v) is 7.20. The summed E-state index contributed by atoms with van der Waals surface area (Å²) in [4.78, 5) is 0. The second-order valence-electron chi connectivity index (χ2n) is 3.45. The van der Waals surface area contributed by atoms with Gasteiger partial charge in [0.1, 0.15) is 0 Å². The molecule has 3 heteroatoms. The first-order valence-corrected chi connectivity index (χ1v) is 6.97. The highest BCUT2D eigenvalue weighted by Gasteiger charge is 2.10. The molecule has 0 aromatic carbocycles. The van der Waals surface area contributed by atoms with Crippen molar-refractivity contribution in [2.24, 2.45) is 5.73 Å². The summed E-state index contributed by atoms with van der Waals surface area (Å²) >= 11 is 0. The fourth-order valence-corrected chi connectivity index (χ4v) is 1.90. The molecule has 0 bridgehead atoms. The molecule has 0 saturated carbocycles. The van der Waals surface area contributed by atoms with Crippen LogP contribution in [0.3, 0.4) is 0 Å². The van der Waals surface area contributed by atoms with E-state index >= 15 is 0 Å². The van der Waals surface area contributed by atoms with E-state index in [0.29, 0.717) is 0 Å². The van der Waals surface area contributed by atoms with Gasteiger partial charge in [-0.3, -0.25) is 0 Å². The standard InChI is InChI=1S/C6H17NSi.Mg.2H/c1-8(2,3)6-4-5-7;;;/h4-7H2,1-3H3;;;. The molecular formula is C6H19MgNSi. The topological polar surface area (TPSA) is 26.0 Å². The minimum atomic E-state index is -0.758. The highest BCUT2D eigenvalue weighted by atomic mass is 28.3. The molecule has 0 fully saturated rings. The highest BCUT2D eigenvalue weighted by molar-refractivity contribution is 6.76. The first-order chi connectivity index (χ1) is 3.56.